The van der Waals surface area contributed by atoms with Crippen molar-refractivity contribution in [1.29, 1.82) is 0 Å². The van der Waals surface area contributed by atoms with Crippen molar-refractivity contribution >= 4 is 56.4 Å². The molecule has 50 heavy (non-hydrogen) atoms. The van der Waals surface area contributed by atoms with Crippen LogP contribution >= 0.6 is 22.7 Å². The number of thiophene rings is 2. The molecule has 5 nitrogen and oxygen atoms in total. The van der Waals surface area contributed by atoms with E-state index in [1.54, 1.807) is 22.7 Å². The first-order valence-electron chi connectivity index (χ1n) is 19.1. The number of carbonyl (C=O) groups excluding carboxylic acids is 2. The van der Waals surface area contributed by atoms with Gasteiger partial charge in [-0.15, -0.1) is 22.7 Å². The van der Waals surface area contributed by atoms with E-state index in [9.17, 15) is 9.59 Å². The molecule has 0 fully saturated rings. The highest BCUT2D eigenvalue weighted by atomic mass is 32.1. The fourth-order valence-electron chi connectivity index (χ4n) is 7.25. The zero-order chi connectivity index (χ0) is 35.3. The van der Waals surface area contributed by atoms with E-state index in [-0.39, 0.29) is 11.9 Å². The maximum Gasteiger partial charge on any atom is 0.339 e. The van der Waals surface area contributed by atoms with E-state index < -0.39 is 0 Å². The van der Waals surface area contributed by atoms with Crippen molar-refractivity contribution in [3.05, 3.63) is 70.4 Å². The Bertz CT molecular complexity index is 1700. The second-order valence-electron chi connectivity index (χ2n) is 13.4. The van der Waals surface area contributed by atoms with E-state index in [0.29, 0.717) is 30.4 Å². The second-order valence-corrected chi connectivity index (χ2v) is 15.2. The van der Waals surface area contributed by atoms with Gasteiger partial charge in [-0.2, -0.15) is 0 Å². The monoisotopic (exact) mass is 713 g/mol. The number of aromatic nitrogens is 1. The third-order valence-electron chi connectivity index (χ3n) is 9.80. The number of benzene rings is 2. The lowest BCUT2D eigenvalue weighted by Gasteiger charge is -2.22. The molecule has 0 aliphatic carbocycles. The summed E-state index contributed by atoms with van der Waals surface area (Å²) < 4.78 is 13.5. The van der Waals surface area contributed by atoms with Crippen molar-refractivity contribution in [2.24, 2.45) is 0 Å². The van der Waals surface area contributed by atoms with E-state index in [1.165, 1.54) is 98.9 Å². The summed E-state index contributed by atoms with van der Waals surface area (Å²) in [7, 11) is 0. The van der Waals surface area contributed by atoms with Gasteiger partial charge >= 0.3 is 11.9 Å². The van der Waals surface area contributed by atoms with E-state index in [1.807, 2.05) is 36.7 Å². The van der Waals surface area contributed by atoms with E-state index in [2.05, 4.69) is 54.8 Å². The average molecular weight is 714 g/mol. The Morgan fingerprint density at radius 3 is 1.42 bits per heavy atom. The summed E-state index contributed by atoms with van der Waals surface area (Å²) in [4.78, 5) is 27.7. The highest BCUT2D eigenvalue weighted by Gasteiger charge is 2.23. The summed E-state index contributed by atoms with van der Waals surface area (Å²) in [5, 5.41) is 6.40. The largest absolute Gasteiger partial charge is 0.462 e. The van der Waals surface area contributed by atoms with E-state index in [0.717, 1.165) is 33.7 Å². The predicted octanol–water partition coefficient (Wildman–Crippen LogP) is 13.6. The minimum Gasteiger partial charge on any atom is -0.462 e. The van der Waals surface area contributed by atoms with Crippen LogP contribution in [0.4, 0.5) is 0 Å². The lowest BCUT2D eigenvalue weighted by atomic mass is 9.99. The van der Waals surface area contributed by atoms with Gasteiger partial charge in [-0.1, -0.05) is 115 Å². The Balaban J connectivity index is 1.62. The summed E-state index contributed by atoms with van der Waals surface area (Å²) in [5.41, 5.74) is 5.75. The van der Waals surface area contributed by atoms with Crippen molar-refractivity contribution in [2.45, 2.75) is 124 Å². The van der Waals surface area contributed by atoms with E-state index in [4.69, 9.17) is 9.47 Å². The first-order valence-corrected chi connectivity index (χ1v) is 20.9. The first kappa shape index (κ1) is 37.8. The third kappa shape index (κ3) is 9.08. The number of hydrogen-bond acceptors (Lipinski definition) is 6. The molecule has 268 valence electrons. The molecule has 7 heteroatoms. The summed E-state index contributed by atoms with van der Waals surface area (Å²) in [6, 6.07) is 17.5. The molecule has 3 aromatic heterocycles. The molecular formula is C43H55NO4S2. The van der Waals surface area contributed by atoms with Crippen molar-refractivity contribution in [2.75, 3.05) is 13.2 Å². The molecule has 0 aliphatic rings. The summed E-state index contributed by atoms with van der Waals surface area (Å²) in [6.07, 6.45) is 17.6. The number of fused-ring (bicyclic) bond motifs is 3. The molecule has 0 N–H and O–H groups in total. The van der Waals surface area contributed by atoms with Gasteiger partial charge in [-0.05, 0) is 72.8 Å². The van der Waals surface area contributed by atoms with Crippen molar-refractivity contribution in [3.8, 4) is 20.9 Å². The van der Waals surface area contributed by atoms with Crippen LogP contribution in [0.3, 0.4) is 0 Å². The SMILES string of the molecule is CCCCCCCCC(CCCCCCCC)n1c2cc(-c3sccc3C(=O)OCC)ccc2c2ccc(-c3sccc3C(=O)OCC)cc21. The topological polar surface area (TPSA) is 57.5 Å². The zero-order valence-corrected chi connectivity index (χ0v) is 32.2. The van der Waals surface area contributed by atoms with Crippen molar-refractivity contribution in [1.82, 2.24) is 4.57 Å². The minimum atomic E-state index is -0.272. The molecule has 0 saturated heterocycles. The molecule has 0 spiro atoms. The Labute approximate surface area is 307 Å². The van der Waals surface area contributed by atoms with Crippen LogP contribution in [-0.2, 0) is 9.47 Å². The van der Waals surface area contributed by atoms with Crippen LogP contribution < -0.4 is 0 Å². The molecule has 0 amide bonds. The van der Waals surface area contributed by atoms with Crippen LogP contribution in [-0.4, -0.2) is 29.7 Å². The number of hydrogen-bond donors (Lipinski definition) is 0. The molecule has 0 saturated carbocycles. The molecule has 0 radical (unpaired) electrons. The highest BCUT2D eigenvalue weighted by molar-refractivity contribution is 7.14. The summed E-state index contributed by atoms with van der Waals surface area (Å²) in [5.74, 6) is -0.544. The predicted molar refractivity (Wildman–Crippen MR) is 213 cm³/mol. The van der Waals surface area contributed by atoms with E-state index >= 15 is 0 Å². The number of carbonyl (C=O) groups is 2. The summed E-state index contributed by atoms with van der Waals surface area (Å²) in [6.45, 7) is 8.96. The smallest absolute Gasteiger partial charge is 0.339 e. The maximum atomic E-state index is 12.9. The Morgan fingerprint density at radius 1 is 0.580 bits per heavy atom. The quantitative estimate of drug-likeness (QED) is 0.0561. The average Bonchev–Trinajstić information content (AvgIpc) is 3.88. The van der Waals surface area contributed by atoms with Gasteiger partial charge in [0.2, 0.25) is 0 Å². The fraction of sp³-hybridized carbons (Fsp3) is 0.488. The van der Waals surface area contributed by atoms with Crippen LogP contribution in [0.25, 0.3) is 42.7 Å². The summed E-state index contributed by atoms with van der Waals surface area (Å²) >= 11 is 3.18. The Morgan fingerprint density at radius 2 is 1.00 bits per heavy atom. The lowest BCUT2D eigenvalue weighted by molar-refractivity contribution is 0.0518. The molecule has 2 aromatic carbocycles. The van der Waals surface area contributed by atoms with Gasteiger partial charge in [0.05, 0.1) is 35.4 Å². The normalized spacial score (nSPS) is 11.6. The van der Waals surface area contributed by atoms with Gasteiger partial charge in [-0.25, -0.2) is 9.59 Å². The first-order chi connectivity index (χ1) is 24.5. The van der Waals surface area contributed by atoms with Crippen LogP contribution in [0.15, 0.2) is 59.3 Å². The zero-order valence-electron chi connectivity index (χ0n) is 30.6. The van der Waals surface area contributed by atoms with Gasteiger partial charge in [0.1, 0.15) is 0 Å². The van der Waals surface area contributed by atoms with Gasteiger partial charge in [-0.3, -0.25) is 0 Å². The van der Waals surface area contributed by atoms with Crippen LogP contribution in [0.1, 0.15) is 144 Å². The second kappa shape index (κ2) is 19.3. The molecule has 0 unspecified atom stereocenters. The molecular weight excluding hydrogens is 659 g/mol. The van der Waals surface area contributed by atoms with Crippen LogP contribution in [0.5, 0.6) is 0 Å². The molecule has 5 rings (SSSR count). The fourth-order valence-corrected chi connectivity index (χ4v) is 9.01. The molecule has 0 atom stereocenters. The standard InChI is InChI=1S/C43H55NO4S2/c1-5-9-11-13-15-17-19-33(20-18-16-14-12-10-6-2)44-38-29-31(40-36(25-27-49-40)42(45)47-7-3)21-23-34(38)35-24-22-32(30-39(35)44)41-37(26-28-50-41)43(46)48-8-4/h21-30,33H,5-20H2,1-4H3. The van der Waals surface area contributed by atoms with Gasteiger partial charge in [0.25, 0.3) is 0 Å². The number of nitrogens with zero attached hydrogens (tertiary/aromatic N) is 1. The number of ether oxygens (including phenoxy) is 2. The van der Waals surface area contributed by atoms with Crippen LogP contribution in [0, 0.1) is 0 Å². The Hall–Kier alpha value is -3.42. The van der Waals surface area contributed by atoms with Crippen molar-refractivity contribution < 1.29 is 19.1 Å². The van der Waals surface area contributed by atoms with Crippen LogP contribution in [0.2, 0.25) is 0 Å². The van der Waals surface area contributed by atoms with Gasteiger partial charge in [0, 0.05) is 26.6 Å². The molecule has 3 heterocycles. The minimum absolute atomic E-state index is 0.272. The van der Waals surface area contributed by atoms with Gasteiger partial charge < -0.3 is 14.0 Å². The highest BCUT2D eigenvalue weighted by Crippen LogP contribution is 2.42. The van der Waals surface area contributed by atoms with Gasteiger partial charge in [0.15, 0.2) is 0 Å². The maximum absolute atomic E-state index is 12.9. The number of esters is 2. The third-order valence-corrected chi connectivity index (χ3v) is 11.7. The molecule has 0 bridgehead atoms. The number of unbranched alkanes of at least 4 members (excludes halogenated alkanes) is 10. The molecule has 5 aromatic rings. The number of rotatable bonds is 21. The molecule has 0 aliphatic heterocycles. The van der Waals surface area contributed by atoms with Crippen molar-refractivity contribution in [3.63, 3.8) is 0 Å². The lowest BCUT2D eigenvalue weighted by Crippen LogP contribution is -2.10. The Kier molecular flexibility index (Phi) is 14.6.